The molecule has 0 bridgehead atoms. The van der Waals surface area contributed by atoms with Crippen molar-refractivity contribution < 1.29 is 17.9 Å². The highest BCUT2D eigenvalue weighted by molar-refractivity contribution is 7.89. The van der Waals surface area contributed by atoms with E-state index in [1.807, 2.05) is 63.4 Å². The van der Waals surface area contributed by atoms with Crippen LogP contribution in [0.1, 0.15) is 45.6 Å². The number of nitrogens with two attached hydrogens (primary N) is 1. The fourth-order valence-electron chi connectivity index (χ4n) is 5.47. The maximum absolute atomic E-state index is 12.5. The quantitative estimate of drug-likeness (QED) is 0.277. The van der Waals surface area contributed by atoms with Gasteiger partial charge in [0, 0.05) is 28.9 Å². The second-order valence-electron chi connectivity index (χ2n) is 11.5. The standard InChI is InChI=1S/C31H31N5O4S/c1-30(2,3)40-29(37)35-31(15-6-16-31)22-11-9-20(10-12-22)21-17-33-28-26(18-34-36(28)19-21)24-13-14-27(41(32,38)39)25-8-5-4-7-23(24)25/h4-5,7-14,17-19H,6,15-16H2,1-3H3,(H,35,37)(H2,32,38,39). The molecule has 2 aromatic heterocycles. The molecule has 0 saturated heterocycles. The van der Waals surface area contributed by atoms with Crippen molar-refractivity contribution in [2.45, 2.75) is 56.1 Å². The minimum absolute atomic E-state index is 0.0805. The first kappa shape index (κ1) is 26.9. The molecule has 1 aliphatic carbocycles. The number of nitrogens with one attached hydrogen (secondary N) is 1. The number of sulfonamides is 1. The molecule has 0 unspecified atom stereocenters. The Morgan fingerprint density at radius 2 is 1.66 bits per heavy atom. The number of ether oxygens (including phenoxy) is 1. The molecule has 0 atom stereocenters. The van der Waals surface area contributed by atoms with E-state index in [1.54, 1.807) is 35.1 Å². The minimum Gasteiger partial charge on any atom is -0.444 e. The molecule has 5 aromatic rings. The molecule has 2 heterocycles. The van der Waals surface area contributed by atoms with Gasteiger partial charge in [0.05, 0.1) is 16.6 Å². The first-order chi connectivity index (χ1) is 19.4. The van der Waals surface area contributed by atoms with Gasteiger partial charge in [-0.3, -0.25) is 0 Å². The number of carbonyl (C=O) groups is 1. The molecule has 1 aliphatic rings. The van der Waals surface area contributed by atoms with Gasteiger partial charge in [-0.25, -0.2) is 27.9 Å². The first-order valence-corrected chi connectivity index (χ1v) is 15.0. The molecule has 0 spiro atoms. The van der Waals surface area contributed by atoms with Crippen molar-refractivity contribution in [1.82, 2.24) is 19.9 Å². The van der Waals surface area contributed by atoms with Gasteiger partial charge in [0.25, 0.3) is 0 Å². The Kier molecular flexibility index (Phi) is 6.35. The van der Waals surface area contributed by atoms with Crippen LogP contribution in [0.5, 0.6) is 0 Å². The molecule has 1 saturated carbocycles. The third-order valence-corrected chi connectivity index (χ3v) is 8.52. The predicted molar refractivity (Wildman–Crippen MR) is 158 cm³/mol. The zero-order valence-electron chi connectivity index (χ0n) is 23.1. The summed E-state index contributed by atoms with van der Waals surface area (Å²) in [4.78, 5) is 17.3. The van der Waals surface area contributed by atoms with Crippen molar-refractivity contribution in [1.29, 1.82) is 0 Å². The summed E-state index contributed by atoms with van der Waals surface area (Å²) < 4.78 is 31.5. The monoisotopic (exact) mass is 569 g/mol. The lowest BCUT2D eigenvalue weighted by Gasteiger charge is -2.43. The van der Waals surface area contributed by atoms with E-state index in [0.29, 0.717) is 11.0 Å². The normalized spacial score (nSPS) is 15.0. The van der Waals surface area contributed by atoms with E-state index >= 15 is 0 Å². The summed E-state index contributed by atoms with van der Waals surface area (Å²) in [5.74, 6) is 0. The van der Waals surface area contributed by atoms with Gasteiger partial charge in [0.2, 0.25) is 10.0 Å². The molecule has 1 fully saturated rings. The summed E-state index contributed by atoms with van der Waals surface area (Å²) in [6, 6.07) is 18.7. The number of benzene rings is 3. The van der Waals surface area contributed by atoms with Gasteiger partial charge in [0.1, 0.15) is 5.60 Å². The molecular formula is C31H31N5O4S. The zero-order valence-corrected chi connectivity index (χ0v) is 23.9. The van der Waals surface area contributed by atoms with Crippen LogP contribution in [0, 0.1) is 0 Å². The van der Waals surface area contributed by atoms with Crippen LogP contribution in [0.15, 0.2) is 84.1 Å². The molecule has 210 valence electrons. The van der Waals surface area contributed by atoms with Crippen LogP contribution < -0.4 is 10.5 Å². The zero-order chi connectivity index (χ0) is 29.0. The number of nitrogens with zero attached hydrogens (tertiary/aromatic N) is 3. The molecular weight excluding hydrogens is 538 g/mol. The predicted octanol–water partition coefficient (Wildman–Crippen LogP) is 5.77. The van der Waals surface area contributed by atoms with E-state index in [4.69, 9.17) is 14.9 Å². The van der Waals surface area contributed by atoms with Crippen LogP contribution in [-0.2, 0) is 20.3 Å². The fourth-order valence-corrected chi connectivity index (χ4v) is 6.21. The summed E-state index contributed by atoms with van der Waals surface area (Å²) in [5, 5.41) is 14.4. The van der Waals surface area contributed by atoms with Crippen LogP contribution in [0.3, 0.4) is 0 Å². The SMILES string of the molecule is CC(C)(C)OC(=O)NC1(c2ccc(-c3cnc4c(-c5ccc(S(N)(=O)=O)c6ccccc56)cnn4c3)cc2)CCC1. The summed E-state index contributed by atoms with van der Waals surface area (Å²) in [6.07, 6.45) is 7.81. The number of carbonyl (C=O) groups excluding carboxylic acids is 1. The van der Waals surface area contributed by atoms with E-state index in [0.717, 1.165) is 52.5 Å². The molecule has 3 aromatic carbocycles. The van der Waals surface area contributed by atoms with Gasteiger partial charge in [-0.15, -0.1) is 0 Å². The Bertz CT molecular complexity index is 1900. The van der Waals surface area contributed by atoms with Crippen LogP contribution in [0.4, 0.5) is 4.79 Å². The molecule has 0 aliphatic heterocycles. The van der Waals surface area contributed by atoms with E-state index in [1.165, 1.54) is 6.07 Å². The Balaban J connectivity index is 1.30. The third kappa shape index (κ3) is 5.05. The molecule has 6 rings (SSSR count). The van der Waals surface area contributed by atoms with E-state index in [2.05, 4.69) is 10.4 Å². The lowest BCUT2D eigenvalue weighted by Crippen LogP contribution is -2.52. The highest BCUT2D eigenvalue weighted by Gasteiger charge is 2.41. The smallest absolute Gasteiger partial charge is 0.408 e. The minimum atomic E-state index is -3.88. The maximum Gasteiger partial charge on any atom is 0.408 e. The average Bonchev–Trinajstić information content (AvgIpc) is 3.32. The molecule has 0 radical (unpaired) electrons. The van der Waals surface area contributed by atoms with Crippen LogP contribution in [0.25, 0.3) is 38.7 Å². The average molecular weight is 570 g/mol. The number of rotatable bonds is 5. The van der Waals surface area contributed by atoms with Gasteiger partial charge in [0.15, 0.2) is 5.65 Å². The Morgan fingerprint density at radius 1 is 0.951 bits per heavy atom. The van der Waals surface area contributed by atoms with Crippen LogP contribution in [0.2, 0.25) is 0 Å². The number of amides is 1. The summed E-state index contributed by atoms with van der Waals surface area (Å²) in [5.41, 5.74) is 4.17. The summed E-state index contributed by atoms with van der Waals surface area (Å²) in [6.45, 7) is 5.57. The van der Waals surface area contributed by atoms with E-state index in [9.17, 15) is 13.2 Å². The van der Waals surface area contributed by atoms with Crippen LogP contribution in [-0.4, -0.2) is 34.7 Å². The number of aromatic nitrogens is 3. The maximum atomic E-state index is 12.5. The van der Waals surface area contributed by atoms with E-state index in [-0.39, 0.29) is 4.90 Å². The topological polar surface area (TPSA) is 129 Å². The largest absolute Gasteiger partial charge is 0.444 e. The van der Waals surface area contributed by atoms with Crippen molar-refractivity contribution in [3.05, 3.63) is 84.8 Å². The molecule has 9 nitrogen and oxygen atoms in total. The van der Waals surface area contributed by atoms with Crippen molar-refractivity contribution in [3.8, 4) is 22.3 Å². The number of alkyl carbamates (subject to hydrolysis) is 1. The summed E-state index contributed by atoms with van der Waals surface area (Å²) >= 11 is 0. The van der Waals surface area contributed by atoms with Gasteiger partial charge < -0.3 is 10.1 Å². The number of primary sulfonamides is 1. The number of hydrogen-bond acceptors (Lipinski definition) is 6. The van der Waals surface area contributed by atoms with Gasteiger partial charge >= 0.3 is 6.09 Å². The van der Waals surface area contributed by atoms with Crippen LogP contribution >= 0.6 is 0 Å². The second-order valence-corrected chi connectivity index (χ2v) is 13.0. The highest BCUT2D eigenvalue weighted by atomic mass is 32.2. The fraction of sp³-hybridized carbons (Fsp3) is 0.258. The third-order valence-electron chi connectivity index (χ3n) is 7.56. The van der Waals surface area contributed by atoms with Gasteiger partial charge in [-0.1, -0.05) is 54.6 Å². The number of hydrogen-bond donors (Lipinski definition) is 2. The Hall–Kier alpha value is -4.28. The Labute approximate surface area is 238 Å². The lowest BCUT2D eigenvalue weighted by molar-refractivity contribution is 0.0377. The second kappa shape index (κ2) is 9.67. The van der Waals surface area contributed by atoms with E-state index < -0.39 is 27.3 Å². The van der Waals surface area contributed by atoms with Crippen molar-refractivity contribution in [2.24, 2.45) is 5.14 Å². The Morgan fingerprint density at radius 3 is 2.29 bits per heavy atom. The summed E-state index contributed by atoms with van der Waals surface area (Å²) in [7, 11) is -3.88. The van der Waals surface area contributed by atoms with Crippen molar-refractivity contribution in [2.75, 3.05) is 0 Å². The van der Waals surface area contributed by atoms with Gasteiger partial charge in [-0.2, -0.15) is 5.10 Å². The van der Waals surface area contributed by atoms with Crippen molar-refractivity contribution >= 4 is 32.5 Å². The molecule has 1 amide bonds. The lowest BCUT2D eigenvalue weighted by atomic mass is 9.71. The van der Waals surface area contributed by atoms with Gasteiger partial charge in [-0.05, 0) is 68.2 Å². The molecule has 3 N–H and O–H groups in total. The highest BCUT2D eigenvalue weighted by Crippen LogP contribution is 2.42. The molecule has 10 heteroatoms. The molecule has 41 heavy (non-hydrogen) atoms. The number of fused-ring (bicyclic) bond motifs is 2. The first-order valence-electron chi connectivity index (χ1n) is 13.4. The van der Waals surface area contributed by atoms with Crippen molar-refractivity contribution in [3.63, 3.8) is 0 Å².